The van der Waals surface area contributed by atoms with E-state index in [1.165, 1.54) is 0 Å². The predicted molar refractivity (Wildman–Crippen MR) is 58.8 cm³/mol. The number of aliphatic hydroxyl groups is 4. The van der Waals surface area contributed by atoms with E-state index >= 15 is 0 Å². The number of ether oxygens (including phenoxy) is 1. The van der Waals surface area contributed by atoms with Gasteiger partial charge in [0.2, 0.25) is 0 Å². The van der Waals surface area contributed by atoms with E-state index in [2.05, 4.69) is 13.8 Å². The first kappa shape index (κ1) is 18.4. The zero-order chi connectivity index (χ0) is 15.2. The van der Waals surface area contributed by atoms with Gasteiger partial charge in [0.1, 0.15) is 18.3 Å². The Morgan fingerprint density at radius 1 is 1.16 bits per heavy atom. The highest BCUT2D eigenvalue weighted by atomic mass is 31.2. The molecule has 11 heteroatoms. The minimum absolute atomic E-state index is 0.867. The van der Waals surface area contributed by atoms with Crippen LogP contribution in [0.1, 0.15) is 0 Å². The number of rotatable bonds is 8. The quantitative estimate of drug-likeness (QED) is 0.237. The summed E-state index contributed by atoms with van der Waals surface area (Å²) >= 11 is 0. The van der Waals surface area contributed by atoms with E-state index in [1.807, 2.05) is 0 Å². The van der Waals surface area contributed by atoms with Crippen LogP contribution in [0.3, 0.4) is 0 Å². The number of phosphoric acid groups is 1. The summed E-state index contributed by atoms with van der Waals surface area (Å²) < 4.78 is 23.3. The summed E-state index contributed by atoms with van der Waals surface area (Å²) in [5, 5.41) is 37.4. The molecule has 0 saturated carbocycles. The Balaban J connectivity index is 4.44. The summed E-state index contributed by atoms with van der Waals surface area (Å²) in [4.78, 5) is 19.7. The van der Waals surface area contributed by atoms with Crippen molar-refractivity contribution in [1.82, 2.24) is 0 Å². The van der Waals surface area contributed by atoms with Crippen molar-refractivity contribution < 1.29 is 48.5 Å². The lowest BCUT2D eigenvalue weighted by Gasteiger charge is -2.25. The van der Waals surface area contributed by atoms with E-state index in [0.29, 0.717) is 0 Å². The molecule has 0 rings (SSSR count). The van der Waals surface area contributed by atoms with Gasteiger partial charge in [0.05, 0.1) is 13.7 Å². The van der Waals surface area contributed by atoms with Crippen molar-refractivity contribution in [1.29, 1.82) is 0 Å². The van der Waals surface area contributed by atoms with Crippen LogP contribution in [0.2, 0.25) is 0 Å². The summed E-state index contributed by atoms with van der Waals surface area (Å²) in [5.74, 6) is -1.22. The molecule has 5 N–H and O–H groups in total. The molecule has 114 valence electrons. The number of methoxy groups -OCH3 is 1. The number of esters is 1. The molecule has 0 amide bonds. The third kappa shape index (κ3) is 5.93. The topological polar surface area (TPSA) is 163 Å². The number of hydrogen-bond donors (Lipinski definition) is 5. The molecule has 0 aliphatic rings. The van der Waals surface area contributed by atoms with Gasteiger partial charge in [0.15, 0.2) is 6.10 Å². The molecule has 0 bridgehead atoms. The second-order valence-corrected chi connectivity index (χ2v) is 5.02. The molecule has 0 fully saturated rings. The maximum absolute atomic E-state index is 10.9. The monoisotopic (exact) mass is 304 g/mol. The molecule has 0 aliphatic carbocycles. The maximum atomic E-state index is 10.9. The zero-order valence-electron chi connectivity index (χ0n) is 10.2. The van der Waals surface area contributed by atoms with Crippen LogP contribution < -0.4 is 0 Å². The van der Waals surface area contributed by atoms with Crippen molar-refractivity contribution >= 4 is 13.8 Å². The lowest BCUT2D eigenvalue weighted by Crippen LogP contribution is -2.49. The zero-order valence-corrected chi connectivity index (χ0v) is 11.1. The first-order valence-corrected chi connectivity index (χ1v) is 6.49. The first-order valence-electron chi connectivity index (χ1n) is 4.99. The Kier molecular flexibility index (Phi) is 7.64. The second kappa shape index (κ2) is 7.88. The van der Waals surface area contributed by atoms with Crippen molar-refractivity contribution in [3.05, 3.63) is 0 Å². The van der Waals surface area contributed by atoms with E-state index in [9.17, 15) is 29.8 Å². The Hall–Kier alpha value is -0.580. The fourth-order valence-electron chi connectivity index (χ4n) is 0.996. The maximum Gasteiger partial charge on any atom is 0.472 e. The lowest BCUT2D eigenvalue weighted by atomic mass is 10.0. The molecular weight excluding hydrogens is 287 g/mol. The van der Waals surface area contributed by atoms with Crippen molar-refractivity contribution in [3.8, 4) is 0 Å². The van der Waals surface area contributed by atoms with E-state index in [0.717, 1.165) is 14.2 Å². The number of hydrogen-bond acceptors (Lipinski definition) is 9. The molecule has 1 unspecified atom stereocenters. The molecule has 0 heterocycles. The summed E-state index contributed by atoms with van der Waals surface area (Å²) in [5.41, 5.74) is 0. The molecule has 10 nitrogen and oxygen atoms in total. The van der Waals surface area contributed by atoms with Crippen LogP contribution in [0, 0.1) is 0 Å². The highest BCUT2D eigenvalue weighted by Crippen LogP contribution is 2.41. The molecule has 0 aromatic heterocycles. The average molecular weight is 304 g/mol. The fourth-order valence-corrected chi connectivity index (χ4v) is 1.44. The van der Waals surface area contributed by atoms with Crippen LogP contribution in [0.5, 0.6) is 0 Å². The smallest absolute Gasteiger partial charge is 0.467 e. The van der Waals surface area contributed by atoms with Crippen molar-refractivity contribution in [3.63, 3.8) is 0 Å². The second-order valence-electron chi connectivity index (χ2n) is 3.46. The number of carbonyl (C=O) groups is 1. The molecule has 0 radical (unpaired) electrons. The Labute approximate surface area is 108 Å². The molecule has 5 atom stereocenters. The molecule has 0 aromatic rings. The van der Waals surface area contributed by atoms with Gasteiger partial charge in [-0.3, -0.25) is 9.05 Å². The van der Waals surface area contributed by atoms with Gasteiger partial charge in [-0.1, -0.05) is 0 Å². The summed E-state index contributed by atoms with van der Waals surface area (Å²) in [7, 11) is -2.52. The molecule has 0 aliphatic heterocycles. The Bertz CT molecular complexity index is 333. The van der Waals surface area contributed by atoms with E-state index in [4.69, 9.17) is 4.89 Å². The predicted octanol–water partition coefficient (Wildman–Crippen LogP) is -2.63. The largest absolute Gasteiger partial charge is 0.472 e. The molecule has 19 heavy (non-hydrogen) atoms. The summed E-state index contributed by atoms with van der Waals surface area (Å²) in [6, 6.07) is 0. The van der Waals surface area contributed by atoms with Crippen LogP contribution in [0.25, 0.3) is 0 Å². The van der Waals surface area contributed by atoms with Gasteiger partial charge in [0.25, 0.3) is 0 Å². The highest BCUT2D eigenvalue weighted by molar-refractivity contribution is 7.47. The van der Waals surface area contributed by atoms with Gasteiger partial charge < -0.3 is 30.1 Å². The van der Waals surface area contributed by atoms with Crippen LogP contribution in [-0.2, 0) is 23.1 Å². The summed E-state index contributed by atoms with van der Waals surface area (Å²) in [6.07, 6.45) is -8.00. The third-order valence-electron chi connectivity index (χ3n) is 2.15. The highest BCUT2D eigenvalue weighted by Gasteiger charge is 2.36. The molecule has 0 saturated heterocycles. The van der Waals surface area contributed by atoms with Gasteiger partial charge in [-0.2, -0.15) is 0 Å². The normalized spacial score (nSPS) is 21.0. The van der Waals surface area contributed by atoms with Gasteiger partial charge in [-0.15, -0.1) is 0 Å². The minimum Gasteiger partial charge on any atom is -0.467 e. The van der Waals surface area contributed by atoms with Crippen molar-refractivity contribution in [2.75, 3.05) is 20.8 Å². The van der Waals surface area contributed by atoms with Gasteiger partial charge >= 0.3 is 13.8 Å². The van der Waals surface area contributed by atoms with Crippen LogP contribution in [0.4, 0.5) is 0 Å². The van der Waals surface area contributed by atoms with E-state index in [1.54, 1.807) is 0 Å². The summed E-state index contributed by atoms with van der Waals surface area (Å²) in [6.45, 7) is -0.867. The van der Waals surface area contributed by atoms with Gasteiger partial charge in [-0.25, -0.2) is 9.36 Å². The first-order chi connectivity index (χ1) is 8.66. The Morgan fingerprint density at radius 2 is 1.68 bits per heavy atom. The fraction of sp³-hybridized carbons (Fsp3) is 0.875. The van der Waals surface area contributed by atoms with Gasteiger partial charge in [0, 0.05) is 7.11 Å². The minimum atomic E-state index is -4.35. The molecular formula is C8H17O10P. The van der Waals surface area contributed by atoms with Crippen molar-refractivity contribution in [2.45, 2.75) is 24.4 Å². The van der Waals surface area contributed by atoms with Crippen LogP contribution in [0.15, 0.2) is 0 Å². The van der Waals surface area contributed by atoms with Gasteiger partial charge in [-0.05, 0) is 0 Å². The molecule has 0 spiro atoms. The Morgan fingerprint density at radius 3 is 2.11 bits per heavy atom. The van der Waals surface area contributed by atoms with E-state index < -0.39 is 44.8 Å². The SMILES string of the molecule is COC(=O)[C@H](O)[C@@H](O)[C@H](O)[C@H](O)COP(=O)(O)OC. The standard InChI is InChI=1S/C8H17O10P/c1-16-8(13)7(12)6(11)5(10)4(9)3-18-19(14,15)17-2/h4-7,9-12H,3H2,1-2H3,(H,14,15)/t4-,5-,6+,7-/m1/s1. The number of phosphoric ester groups is 1. The lowest BCUT2D eigenvalue weighted by molar-refractivity contribution is -0.167. The average Bonchev–Trinajstić information content (AvgIpc) is 2.41. The molecule has 0 aromatic carbocycles. The number of aliphatic hydroxyl groups excluding tert-OH is 4. The van der Waals surface area contributed by atoms with Crippen LogP contribution in [-0.4, -0.2) is 76.5 Å². The van der Waals surface area contributed by atoms with Crippen LogP contribution >= 0.6 is 7.82 Å². The van der Waals surface area contributed by atoms with E-state index in [-0.39, 0.29) is 0 Å². The van der Waals surface area contributed by atoms with Crippen molar-refractivity contribution in [2.24, 2.45) is 0 Å². The third-order valence-corrected chi connectivity index (χ3v) is 3.09. The number of carbonyl (C=O) groups excluding carboxylic acids is 1.